The van der Waals surface area contributed by atoms with Crippen molar-refractivity contribution in [3.05, 3.63) is 35.9 Å². The molecule has 0 saturated carbocycles. The molecule has 1 rings (SSSR count). The van der Waals surface area contributed by atoms with Gasteiger partial charge in [-0.1, -0.05) is 51.1 Å². The van der Waals surface area contributed by atoms with E-state index in [1.807, 2.05) is 30.3 Å². The van der Waals surface area contributed by atoms with Gasteiger partial charge in [-0.05, 0) is 11.0 Å². The van der Waals surface area contributed by atoms with Gasteiger partial charge in [0.1, 0.15) is 12.5 Å². The Labute approximate surface area is 160 Å². The number of nitrogens with one attached hydrogen (secondary N) is 1. The molecule has 1 aromatic rings. The molecular formula is C20H31N2O5+. The number of carboxylic acid groups (broad SMARTS) is 1. The number of benzene rings is 1. The van der Waals surface area contributed by atoms with Crippen LogP contribution in [0, 0.1) is 5.41 Å². The molecule has 27 heavy (non-hydrogen) atoms. The molecule has 2 unspecified atom stereocenters. The fourth-order valence-electron chi connectivity index (χ4n) is 2.65. The Morgan fingerprint density at radius 3 is 2.33 bits per heavy atom. The second kappa shape index (κ2) is 10.7. The Kier molecular flexibility index (Phi) is 8.94. The normalized spacial score (nSPS) is 13.5. The summed E-state index contributed by atoms with van der Waals surface area (Å²) < 4.78 is 4.79. The second-order valence-electron chi connectivity index (χ2n) is 7.81. The first-order chi connectivity index (χ1) is 12.6. The molecule has 0 saturated heterocycles. The molecule has 1 aromatic carbocycles. The summed E-state index contributed by atoms with van der Waals surface area (Å²) in [5.41, 5.74) is 0.961. The summed E-state index contributed by atoms with van der Waals surface area (Å²) in [6.45, 7) is 6.87. The van der Waals surface area contributed by atoms with Crippen LogP contribution >= 0.6 is 0 Å². The molecule has 1 amide bonds. The number of aliphatic carboxylic acids is 1. The van der Waals surface area contributed by atoms with Gasteiger partial charge in [0.05, 0.1) is 13.7 Å². The quantitative estimate of drug-likeness (QED) is 0.519. The number of rotatable bonds is 10. The standard InChI is InChI=1S/C20H30N2O5/c1-20(2,3)10-11-21-15(13-17(23)24)18(25)22-16(19(26)27-4)12-14-8-6-5-7-9-14/h5-9,15-16,21H,10-13H2,1-4H3,(H,22,25)(H,23,24)/p+1. The molecule has 4 N–H and O–H groups in total. The summed E-state index contributed by atoms with van der Waals surface area (Å²) in [4.78, 5) is 35.9. The van der Waals surface area contributed by atoms with E-state index in [1.165, 1.54) is 7.11 Å². The number of hydrogen-bond acceptors (Lipinski definition) is 4. The van der Waals surface area contributed by atoms with Crippen molar-refractivity contribution in [3.8, 4) is 0 Å². The maximum Gasteiger partial charge on any atom is 0.328 e. The highest BCUT2D eigenvalue weighted by molar-refractivity contribution is 5.89. The number of esters is 1. The van der Waals surface area contributed by atoms with Gasteiger partial charge in [-0.2, -0.15) is 0 Å². The maximum absolute atomic E-state index is 12.6. The van der Waals surface area contributed by atoms with Crippen LogP contribution in [0.2, 0.25) is 0 Å². The van der Waals surface area contributed by atoms with Crippen LogP contribution in [-0.2, 0) is 25.5 Å². The highest BCUT2D eigenvalue weighted by atomic mass is 16.5. The van der Waals surface area contributed by atoms with Gasteiger partial charge in [-0.3, -0.25) is 9.59 Å². The zero-order chi connectivity index (χ0) is 20.4. The molecule has 0 aliphatic heterocycles. The Bertz CT molecular complexity index is 625. The van der Waals surface area contributed by atoms with E-state index in [-0.39, 0.29) is 18.3 Å². The number of quaternary nitrogens is 1. The number of carboxylic acids is 1. The third-order valence-corrected chi connectivity index (χ3v) is 4.16. The van der Waals surface area contributed by atoms with Crippen LogP contribution in [0.3, 0.4) is 0 Å². The molecule has 0 aromatic heterocycles. The van der Waals surface area contributed by atoms with Crippen LogP contribution in [-0.4, -0.2) is 48.7 Å². The molecule has 0 spiro atoms. The van der Waals surface area contributed by atoms with Gasteiger partial charge in [-0.15, -0.1) is 0 Å². The van der Waals surface area contributed by atoms with Crippen LogP contribution < -0.4 is 10.6 Å². The van der Waals surface area contributed by atoms with Gasteiger partial charge in [-0.25, -0.2) is 4.79 Å². The fourth-order valence-corrected chi connectivity index (χ4v) is 2.65. The van der Waals surface area contributed by atoms with E-state index in [9.17, 15) is 14.4 Å². The van der Waals surface area contributed by atoms with Crippen molar-refractivity contribution >= 4 is 17.8 Å². The summed E-state index contributed by atoms with van der Waals surface area (Å²) >= 11 is 0. The summed E-state index contributed by atoms with van der Waals surface area (Å²) in [5.74, 6) is -2.09. The molecule has 2 atom stereocenters. The van der Waals surface area contributed by atoms with Gasteiger partial charge in [0.15, 0.2) is 6.04 Å². The number of methoxy groups -OCH3 is 1. The van der Waals surface area contributed by atoms with Crippen molar-refractivity contribution in [1.82, 2.24) is 5.32 Å². The molecule has 7 nitrogen and oxygen atoms in total. The molecule has 150 valence electrons. The fraction of sp³-hybridized carbons (Fsp3) is 0.550. The summed E-state index contributed by atoms with van der Waals surface area (Å²) in [6, 6.07) is 7.60. The van der Waals surface area contributed by atoms with Crippen molar-refractivity contribution in [2.24, 2.45) is 5.41 Å². The van der Waals surface area contributed by atoms with Gasteiger partial charge in [0.25, 0.3) is 5.91 Å². The lowest BCUT2D eigenvalue weighted by atomic mass is 9.92. The van der Waals surface area contributed by atoms with Crippen molar-refractivity contribution in [3.63, 3.8) is 0 Å². The van der Waals surface area contributed by atoms with Crippen LogP contribution in [0.4, 0.5) is 0 Å². The summed E-state index contributed by atoms with van der Waals surface area (Å²) in [5, 5.41) is 13.5. The SMILES string of the molecule is COC(=O)C(Cc1ccccc1)NC(=O)C(CC(=O)O)[NH2+]CCC(C)(C)C. The first-order valence-corrected chi connectivity index (χ1v) is 9.09. The molecule has 0 fully saturated rings. The van der Waals surface area contributed by atoms with Crippen molar-refractivity contribution in [1.29, 1.82) is 0 Å². The molecule has 0 radical (unpaired) electrons. The maximum atomic E-state index is 12.6. The molecule has 0 heterocycles. The zero-order valence-corrected chi connectivity index (χ0v) is 16.5. The predicted molar refractivity (Wildman–Crippen MR) is 101 cm³/mol. The van der Waals surface area contributed by atoms with Crippen molar-refractivity contribution < 1.29 is 29.5 Å². The van der Waals surface area contributed by atoms with E-state index >= 15 is 0 Å². The lowest BCUT2D eigenvalue weighted by molar-refractivity contribution is -0.677. The van der Waals surface area contributed by atoms with E-state index in [0.717, 1.165) is 12.0 Å². The predicted octanol–water partition coefficient (Wildman–Crippen LogP) is 0.730. The number of hydrogen-bond donors (Lipinski definition) is 3. The van der Waals surface area contributed by atoms with Gasteiger partial charge in [0, 0.05) is 12.8 Å². The topological polar surface area (TPSA) is 109 Å². The van der Waals surface area contributed by atoms with Crippen molar-refractivity contribution in [2.75, 3.05) is 13.7 Å². The second-order valence-corrected chi connectivity index (χ2v) is 7.81. The largest absolute Gasteiger partial charge is 0.481 e. The van der Waals surface area contributed by atoms with E-state index in [4.69, 9.17) is 9.84 Å². The smallest absolute Gasteiger partial charge is 0.328 e. The Hall–Kier alpha value is -2.41. The van der Waals surface area contributed by atoms with E-state index in [2.05, 4.69) is 26.1 Å². The lowest BCUT2D eigenvalue weighted by Crippen LogP contribution is -2.93. The van der Waals surface area contributed by atoms with E-state index in [1.54, 1.807) is 5.32 Å². The Morgan fingerprint density at radius 1 is 1.19 bits per heavy atom. The Morgan fingerprint density at radius 2 is 1.81 bits per heavy atom. The minimum atomic E-state index is -1.06. The monoisotopic (exact) mass is 379 g/mol. The highest BCUT2D eigenvalue weighted by Crippen LogP contribution is 2.16. The van der Waals surface area contributed by atoms with Gasteiger partial charge < -0.3 is 20.5 Å². The molecule has 7 heteroatoms. The zero-order valence-electron chi connectivity index (χ0n) is 16.5. The molecule has 0 aliphatic carbocycles. The number of nitrogens with two attached hydrogens (primary N) is 1. The minimum Gasteiger partial charge on any atom is -0.481 e. The van der Waals surface area contributed by atoms with E-state index < -0.39 is 29.9 Å². The van der Waals surface area contributed by atoms with Crippen LogP contribution in [0.1, 0.15) is 39.2 Å². The average molecular weight is 379 g/mol. The van der Waals surface area contributed by atoms with Gasteiger partial charge >= 0.3 is 11.9 Å². The third kappa shape index (κ3) is 9.19. The van der Waals surface area contributed by atoms with Crippen LogP contribution in [0.25, 0.3) is 0 Å². The summed E-state index contributed by atoms with van der Waals surface area (Å²) in [7, 11) is 1.26. The number of carbonyl (C=O) groups excluding carboxylic acids is 2. The molecule has 0 aliphatic rings. The lowest BCUT2D eigenvalue weighted by Gasteiger charge is -2.21. The summed E-state index contributed by atoms with van der Waals surface area (Å²) in [6.07, 6.45) is 0.803. The van der Waals surface area contributed by atoms with Crippen molar-refractivity contribution in [2.45, 2.75) is 52.1 Å². The number of carbonyl (C=O) groups is 3. The first kappa shape index (κ1) is 22.6. The van der Waals surface area contributed by atoms with Crippen LogP contribution in [0.5, 0.6) is 0 Å². The van der Waals surface area contributed by atoms with E-state index in [0.29, 0.717) is 6.54 Å². The number of ether oxygens (including phenoxy) is 1. The first-order valence-electron chi connectivity index (χ1n) is 9.09. The average Bonchev–Trinajstić information content (AvgIpc) is 2.59. The molecule has 0 bridgehead atoms. The Balaban J connectivity index is 2.80. The third-order valence-electron chi connectivity index (χ3n) is 4.16. The molecular weight excluding hydrogens is 348 g/mol. The van der Waals surface area contributed by atoms with Crippen LogP contribution in [0.15, 0.2) is 30.3 Å². The highest BCUT2D eigenvalue weighted by Gasteiger charge is 2.30. The minimum absolute atomic E-state index is 0.0859. The number of amides is 1. The van der Waals surface area contributed by atoms with Gasteiger partial charge in [0.2, 0.25) is 0 Å².